The quantitative estimate of drug-likeness (QED) is 0.0220. The van der Waals surface area contributed by atoms with Crippen LogP contribution in [0.15, 0.2) is 134 Å². The van der Waals surface area contributed by atoms with Gasteiger partial charge in [0.1, 0.15) is 40.9 Å². The van der Waals surface area contributed by atoms with E-state index in [2.05, 4.69) is 74.6 Å². The predicted octanol–water partition coefficient (Wildman–Crippen LogP) is 14.7. The van der Waals surface area contributed by atoms with E-state index in [1.165, 1.54) is 12.4 Å². The molecular weight excluding hydrogens is 1620 g/mol. The topological polar surface area (TPSA) is 282 Å². The Morgan fingerprint density at radius 3 is 1.17 bits per heavy atom. The van der Waals surface area contributed by atoms with Crippen LogP contribution in [0.5, 0.6) is 0 Å². The largest absolute Gasteiger partial charge is 0.391 e. The van der Waals surface area contributed by atoms with Crippen LogP contribution in [0.1, 0.15) is 99.8 Å². The number of aliphatic hydroxyl groups excluding tert-OH is 1. The van der Waals surface area contributed by atoms with Gasteiger partial charge in [0, 0.05) is 245 Å². The van der Waals surface area contributed by atoms with Crippen molar-refractivity contribution < 1.29 is 61.1 Å². The Hall–Kier alpha value is -8.38. The zero-order chi connectivity index (χ0) is 84.9. The van der Waals surface area contributed by atoms with E-state index >= 15 is 0 Å². The number of ketones is 4. The molecule has 0 radical (unpaired) electrons. The zero-order valence-corrected chi connectivity index (χ0v) is 71.5. The van der Waals surface area contributed by atoms with Crippen molar-refractivity contribution in [1.29, 1.82) is 0 Å². The summed E-state index contributed by atoms with van der Waals surface area (Å²) >= 11 is 19.3. The van der Waals surface area contributed by atoms with Gasteiger partial charge in [0.15, 0.2) is 5.78 Å². The van der Waals surface area contributed by atoms with Crippen molar-refractivity contribution >= 4 is 80.7 Å². The fourth-order valence-electron chi connectivity index (χ4n) is 16.6. The van der Waals surface area contributed by atoms with E-state index in [0.29, 0.717) is 122 Å². The maximum Gasteiger partial charge on any atom is 0.168 e. The van der Waals surface area contributed by atoms with E-state index in [1.54, 1.807) is 36.5 Å². The van der Waals surface area contributed by atoms with Crippen LogP contribution in [0.3, 0.4) is 0 Å². The second kappa shape index (κ2) is 47.1. The summed E-state index contributed by atoms with van der Waals surface area (Å²) in [5, 5.41) is 38.0. The Morgan fingerprint density at radius 1 is 0.377 bits per heavy atom. The Bertz CT molecular complexity index is 4600. The first-order chi connectivity index (χ1) is 59.5. The predicted molar refractivity (Wildman–Crippen MR) is 473 cm³/mol. The zero-order valence-electron chi connectivity index (χ0n) is 69.2. The minimum Gasteiger partial charge on any atom is -0.391 e. The van der Waals surface area contributed by atoms with Gasteiger partial charge in [0.05, 0.1) is 48.7 Å². The summed E-state index contributed by atoms with van der Waals surface area (Å²) in [6.07, 6.45) is 17.1. The van der Waals surface area contributed by atoms with Gasteiger partial charge >= 0.3 is 0 Å². The number of rotatable bonds is 28. The van der Waals surface area contributed by atoms with Gasteiger partial charge in [0.2, 0.25) is 0 Å². The molecule has 16 rings (SSSR count). The van der Waals surface area contributed by atoms with E-state index in [4.69, 9.17) is 58.5 Å². The smallest absolute Gasteiger partial charge is 0.168 e. The molecule has 8 fully saturated rings. The van der Waals surface area contributed by atoms with Crippen LogP contribution >= 0.6 is 34.8 Å². The second-order valence-corrected chi connectivity index (χ2v) is 34.2. The number of morpholine rings is 1. The Morgan fingerprint density at radius 2 is 0.762 bits per heavy atom. The number of β-amino-alcohol motifs (C(OH)–C–C–N with tert-alkyl or cyclic N) is 1. The van der Waals surface area contributed by atoms with E-state index in [0.717, 1.165) is 228 Å². The van der Waals surface area contributed by atoms with Crippen molar-refractivity contribution in [3.63, 3.8) is 0 Å². The van der Waals surface area contributed by atoms with Crippen LogP contribution in [-0.4, -0.2) is 198 Å². The second-order valence-electron chi connectivity index (χ2n) is 33.0. The molecule has 0 aliphatic carbocycles. The van der Waals surface area contributed by atoms with Gasteiger partial charge in [-0.15, -0.1) is 0 Å². The maximum atomic E-state index is 14.7. The molecule has 28 heteroatoms. The number of anilines is 4. The molecule has 12 heterocycles. The van der Waals surface area contributed by atoms with E-state index in [-0.39, 0.29) is 72.4 Å². The fourth-order valence-corrected chi connectivity index (χ4v) is 17.2. The van der Waals surface area contributed by atoms with Gasteiger partial charge in [0.25, 0.3) is 0 Å². The Labute approximate surface area is 728 Å². The van der Waals surface area contributed by atoms with E-state index in [1.807, 2.05) is 66.7 Å². The molecular formula is C94H114Cl3F3N12O10. The Kier molecular flexibility index (Phi) is 35.2. The molecule has 22 nitrogen and oxygen atoms in total. The van der Waals surface area contributed by atoms with Crippen molar-refractivity contribution in [1.82, 2.24) is 41.2 Å². The van der Waals surface area contributed by atoms with Crippen LogP contribution in [0.2, 0.25) is 15.1 Å². The van der Waals surface area contributed by atoms with Gasteiger partial charge < -0.3 is 71.3 Å². The van der Waals surface area contributed by atoms with Crippen LogP contribution in [0.25, 0.3) is 44.5 Å². The molecule has 9 N–H and O–H groups in total. The minimum atomic E-state index is -0.622. The number of hydrogen-bond acceptors (Lipinski definition) is 22. The molecule has 8 aliphatic heterocycles. The summed E-state index contributed by atoms with van der Waals surface area (Å²) in [6.45, 7) is 16.1. The molecule has 0 unspecified atom stereocenters. The van der Waals surface area contributed by atoms with Gasteiger partial charge in [-0.2, -0.15) is 0 Å². The summed E-state index contributed by atoms with van der Waals surface area (Å²) in [5.41, 5.74) is 11.2. The van der Waals surface area contributed by atoms with Gasteiger partial charge in [-0.3, -0.25) is 39.1 Å². The molecule has 652 valence electrons. The van der Waals surface area contributed by atoms with Crippen molar-refractivity contribution in [2.45, 2.75) is 115 Å². The third-order valence-corrected chi connectivity index (χ3v) is 25.0. The highest BCUT2D eigenvalue weighted by Gasteiger charge is 2.33. The molecule has 122 heavy (non-hydrogen) atoms. The van der Waals surface area contributed by atoms with Crippen molar-refractivity contribution in [2.75, 3.05) is 159 Å². The lowest BCUT2D eigenvalue weighted by molar-refractivity contribution is -0.131. The highest BCUT2D eigenvalue weighted by Crippen LogP contribution is 2.37. The minimum absolute atomic E-state index is 0.000140. The van der Waals surface area contributed by atoms with Crippen molar-refractivity contribution in [2.24, 2.45) is 41.4 Å². The lowest BCUT2D eigenvalue weighted by Crippen LogP contribution is -2.43. The summed E-state index contributed by atoms with van der Waals surface area (Å²) in [7, 11) is 0. The van der Waals surface area contributed by atoms with Crippen LogP contribution < -0.4 is 42.5 Å². The molecule has 0 bridgehead atoms. The van der Waals surface area contributed by atoms with E-state index < -0.39 is 23.8 Å². The van der Waals surface area contributed by atoms with Gasteiger partial charge in [-0.05, 0) is 210 Å². The summed E-state index contributed by atoms with van der Waals surface area (Å²) in [4.78, 5) is 67.1. The average molecular weight is 1740 g/mol. The van der Waals surface area contributed by atoms with Gasteiger partial charge in [-0.1, -0.05) is 59.1 Å². The molecule has 8 aliphatic rings. The summed E-state index contributed by atoms with van der Waals surface area (Å²) < 4.78 is 71.1. The van der Waals surface area contributed by atoms with Crippen molar-refractivity contribution in [3.8, 4) is 44.5 Å². The monoisotopic (exact) mass is 1730 g/mol. The Balaban J connectivity index is 0.000000140. The van der Waals surface area contributed by atoms with Crippen molar-refractivity contribution in [3.05, 3.63) is 189 Å². The lowest BCUT2D eigenvalue weighted by atomic mass is 9.92. The lowest BCUT2D eigenvalue weighted by Gasteiger charge is -2.23. The van der Waals surface area contributed by atoms with Crippen LogP contribution in [0.4, 0.5) is 35.9 Å². The molecule has 0 amide bonds. The first kappa shape index (κ1) is 91.3. The van der Waals surface area contributed by atoms with E-state index in [9.17, 15) is 37.5 Å². The third kappa shape index (κ3) is 27.3. The molecule has 5 atom stereocenters. The number of nitrogens with zero attached hydrogens (tertiary/aromatic N) is 4. The number of benzene rings is 4. The number of hydrogen-bond donors (Lipinski definition) is 9. The number of carbonyl (C=O) groups excluding carboxylic acids is 4. The number of aliphatic hydroxyl groups is 1. The fraction of sp³-hybridized carbons (Fsp3) is 0.489. The van der Waals surface area contributed by atoms with Crippen LogP contribution in [-0.2, 0) is 68.5 Å². The number of pyridine rings is 4. The normalized spacial score (nSPS) is 20.5. The molecule has 0 saturated carbocycles. The SMILES string of the molecule is O=C(Cc1cc(-c2cc(NCC3CCOCC3)ccc2Cl)c(F)cn1)[C@@H]1CCCNC1.O=C(Cc1cc(-c2cc(NCC3CCOCC3)ccc2Cl)c(F)cn1)[C@H]1CNCCO1.O=C(Cc1cc(-c2cccc(NCC3CCOCC3)c2)c(Cl)cn1)[C@H]1CNC[C@@H]1O.O=C(Cc1cc(-c2cccc(NCC3CCOCC3)c2)c(F)cn1)[C@@H]1CCCNC1. The number of halogens is 6. The number of Topliss-reactive ketones (excluding diaryl/α,β-unsaturated/α-hetero) is 4. The third-order valence-electron chi connectivity index (χ3n) is 24.1. The maximum absolute atomic E-state index is 14.7. The number of aromatic nitrogens is 4. The highest BCUT2D eigenvalue weighted by atomic mass is 35.5. The molecule has 4 aromatic carbocycles. The summed E-state index contributed by atoms with van der Waals surface area (Å²) in [6, 6.07) is 33.9. The number of piperidine rings is 2. The standard InChI is InChI=1S/C24H29ClFN3O2.C24H30FN3O2.C23H27ClFN3O3.C23H28ClN3O3/c25-22-4-3-18(28-13-16-5-8-31-9-6-16)10-20(22)21-11-19(29-15-23(21)26)12-24(30)17-2-1-7-27-14-17;25-23-16-28-21(13-24(29)19-4-2-8-26-15-19)12-22(23)18-3-1-5-20(11-18)27-14-17-6-9-30-10-7-17;24-20-2-1-16(27-12-15-3-6-30-7-4-15)9-18(20)19-10-17(28-13-21(19)25)11-22(29)23-14-26-5-8-31-23;24-21-13-27-18(10-22(28)20-12-25-14-23(20)29)9-19(21)16-2-1-3-17(8-16)26-11-15-4-6-30-7-5-15/h3-4,10-11,15-17,27-28H,1-2,5-9,12-14H2;1,3,5,11-12,16-17,19,26-27H,2,4,6-10,13-15H2;1-2,9-10,13,15,23,26-27H,3-8,11-12,14H2;1-3,8-9,13,15,20,23,25-26,29H,4-7,10-12,14H2/t17-;19-;23-;20-,23+/m1111/s1. The molecule has 4 aromatic heterocycles. The summed E-state index contributed by atoms with van der Waals surface area (Å²) in [5.74, 6) is 0.987. The first-order valence-electron chi connectivity index (χ1n) is 43.4. The molecule has 0 spiro atoms. The molecule has 8 saturated heterocycles. The number of nitrogens with one attached hydrogen (secondary N) is 8. The molecule has 8 aromatic rings. The first-order valence-corrected chi connectivity index (χ1v) is 44.5. The number of carbonyl (C=O) groups is 4. The van der Waals surface area contributed by atoms with Gasteiger partial charge in [-0.25, -0.2) is 13.2 Å². The average Bonchev–Trinajstić information content (AvgIpc) is 1.00. The van der Waals surface area contributed by atoms with Crippen LogP contribution in [0, 0.1) is 58.9 Å². The highest BCUT2D eigenvalue weighted by molar-refractivity contribution is 6.34. The number of ether oxygens (including phenoxy) is 5.